The molecule has 7 heteroatoms. The molecule has 25 heavy (non-hydrogen) atoms. The Labute approximate surface area is 159 Å². The summed E-state index contributed by atoms with van der Waals surface area (Å²) in [6, 6.07) is 13.7. The number of carbonyl (C=O) groups excluding carboxylic acids is 2. The number of rotatable bonds is 3. The summed E-state index contributed by atoms with van der Waals surface area (Å²) in [5, 5.41) is 0.593. The fourth-order valence-electron chi connectivity index (χ4n) is 2.27. The van der Waals surface area contributed by atoms with E-state index in [4.69, 9.17) is 23.8 Å². The predicted octanol–water partition coefficient (Wildman–Crippen LogP) is 4.53. The van der Waals surface area contributed by atoms with Crippen molar-refractivity contribution in [1.82, 2.24) is 0 Å². The maximum Gasteiger partial charge on any atom is 0.337 e. The molecule has 0 aromatic heterocycles. The van der Waals surface area contributed by atoms with Crippen molar-refractivity contribution < 1.29 is 14.3 Å². The lowest BCUT2D eigenvalue weighted by Gasteiger charge is -2.14. The lowest BCUT2D eigenvalue weighted by molar-refractivity contribution is -0.113. The summed E-state index contributed by atoms with van der Waals surface area (Å²) < 4.78 is 5.13. The Morgan fingerprint density at radius 1 is 1.16 bits per heavy atom. The van der Waals surface area contributed by atoms with E-state index < -0.39 is 5.97 Å². The lowest BCUT2D eigenvalue weighted by Crippen LogP contribution is -2.27. The number of thiocarbonyl (C=S) groups is 1. The van der Waals surface area contributed by atoms with E-state index in [1.807, 2.05) is 0 Å². The van der Waals surface area contributed by atoms with Crippen LogP contribution in [0.5, 0.6) is 0 Å². The van der Waals surface area contributed by atoms with Gasteiger partial charge in [0.25, 0.3) is 5.91 Å². The molecule has 0 spiro atoms. The number of anilines is 1. The fraction of sp³-hybridized carbons (Fsp3) is 0.0556. The Morgan fingerprint density at radius 3 is 2.40 bits per heavy atom. The summed E-state index contributed by atoms with van der Waals surface area (Å²) >= 11 is 12.5. The van der Waals surface area contributed by atoms with Crippen LogP contribution < -0.4 is 4.90 Å². The first-order valence-corrected chi connectivity index (χ1v) is 8.82. The largest absolute Gasteiger partial charge is 0.465 e. The van der Waals surface area contributed by atoms with E-state index in [0.717, 1.165) is 5.56 Å². The highest BCUT2D eigenvalue weighted by Crippen LogP contribution is 2.36. The molecule has 1 amide bonds. The van der Waals surface area contributed by atoms with Gasteiger partial charge in [0, 0.05) is 5.02 Å². The molecule has 126 valence electrons. The second-order valence-corrected chi connectivity index (χ2v) is 7.22. The van der Waals surface area contributed by atoms with Gasteiger partial charge in [-0.15, -0.1) is 0 Å². The van der Waals surface area contributed by atoms with Crippen LogP contribution in [0.4, 0.5) is 5.69 Å². The van der Waals surface area contributed by atoms with Gasteiger partial charge in [0.05, 0.1) is 23.3 Å². The van der Waals surface area contributed by atoms with Gasteiger partial charge in [0.2, 0.25) is 0 Å². The van der Waals surface area contributed by atoms with Crippen LogP contribution in [0.2, 0.25) is 5.02 Å². The van der Waals surface area contributed by atoms with Crippen molar-refractivity contribution in [2.75, 3.05) is 12.0 Å². The van der Waals surface area contributed by atoms with Crippen molar-refractivity contribution in [2.45, 2.75) is 0 Å². The smallest absolute Gasteiger partial charge is 0.337 e. The second-order valence-electron chi connectivity index (χ2n) is 5.11. The second kappa shape index (κ2) is 7.39. The van der Waals surface area contributed by atoms with Gasteiger partial charge in [-0.3, -0.25) is 9.69 Å². The Balaban J connectivity index is 1.85. The van der Waals surface area contributed by atoms with Crippen molar-refractivity contribution >= 4 is 63.5 Å². The molecule has 1 fully saturated rings. The third kappa shape index (κ3) is 3.76. The van der Waals surface area contributed by atoms with Crippen LogP contribution >= 0.6 is 35.6 Å². The van der Waals surface area contributed by atoms with Crippen LogP contribution in [0.1, 0.15) is 15.9 Å². The molecule has 1 aliphatic heterocycles. The average molecular weight is 390 g/mol. The molecule has 0 N–H and O–H groups in total. The van der Waals surface area contributed by atoms with E-state index in [-0.39, 0.29) is 5.91 Å². The number of carbonyl (C=O) groups is 2. The third-order valence-corrected chi connectivity index (χ3v) is 5.06. The van der Waals surface area contributed by atoms with Crippen LogP contribution in [-0.2, 0) is 9.53 Å². The number of benzene rings is 2. The molecular formula is C18H12ClNO3S2. The normalized spacial score (nSPS) is 15.8. The topological polar surface area (TPSA) is 46.6 Å². The molecule has 1 heterocycles. The molecular weight excluding hydrogens is 378 g/mol. The first-order chi connectivity index (χ1) is 12.0. The number of ether oxygens (including phenoxy) is 1. The minimum absolute atomic E-state index is 0.186. The number of halogens is 1. The Morgan fingerprint density at radius 2 is 1.80 bits per heavy atom. The zero-order valence-corrected chi connectivity index (χ0v) is 15.5. The molecule has 0 saturated carbocycles. The molecule has 2 aromatic rings. The molecule has 1 aliphatic rings. The minimum Gasteiger partial charge on any atom is -0.465 e. The highest BCUT2D eigenvalue weighted by Gasteiger charge is 2.33. The highest BCUT2D eigenvalue weighted by atomic mass is 35.5. The van der Waals surface area contributed by atoms with Gasteiger partial charge < -0.3 is 4.74 Å². The van der Waals surface area contributed by atoms with Crippen LogP contribution in [0.25, 0.3) is 6.08 Å². The van der Waals surface area contributed by atoms with Gasteiger partial charge in [-0.25, -0.2) is 4.79 Å². The molecule has 1 saturated heterocycles. The van der Waals surface area contributed by atoms with Crippen molar-refractivity contribution in [3.8, 4) is 0 Å². The van der Waals surface area contributed by atoms with Gasteiger partial charge in [-0.1, -0.05) is 47.7 Å². The molecule has 4 nitrogen and oxygen atoms in total. The highest BCUT2D eigenvalue weighted by molar-refractivity contribution is 8.27. The minimum atomic E-state index is -0.402. The lowest BCUT2D eigenvalue weighted by atomic mass is 10.1. The van der Waals surface area contributed by atoms with Gasteiger partial charge in [0.15, 0.2) is 4.32 Å². The van der Waals surface area contributed by atoms with Crippen molar-refractivity contribution in [2.24, 2.45) is 0 Å². The number of thioether (sulfide) groups is 1. The van der Waals surface area contributed by atoms with Crippen molar-refractivity contribution in [3.05, 3.63) is 69.6 Å². The fourth-order valence-corrected chi connectivity index (χ4v) is 3.69. The zero-order chi connectivity index (χ0) is 18.0. The quantitative estimate of drug-likeness (QED) is 0.438. The van der Waals surface area contributed by atoms with Crippen LogP contribution in [0, 0.1) is 0 Å². The van der Waals surface area contributed by atoms with E-state index >= 15 is 0 Å². The monoisotopic (exact) mass is 389 g/mol. The zero-order valence-electron chi connectivity index (χ0n) is 13.1. The molecule has 2 aromatic carbocycles. The van der Waals surface area contributed by atoms with Crippen LogP contribution in [0.3, 0.4) is 0 Å². The average Bonchev–Trinajstić information content (AvgIpc) is 2.89. The molecule has 0 bridgehead atoms. The SMILES string of the molecule is COC(=O)c1ccc(/C=C2\SC(=S)N(c3ccc(Cl)cc3)C2=O)cc1. The van der Waals surface area contributed by atoms with Gasteiger partial charge in [0.1, 0.15) is 0 Å². The molecule has 3 rings (SSSR count). The Hall–Kier alpha value is -2.15. The number of nitrogens with zero attached hydrogens (tertiary/aromatic N) is 1. The maximum atomic E-state index is 12.7. The Kier molecular flexibility index (Phi) is 5.22. The van der Waals surface area contributed by atoms with Gasteiger partial charge in [-0.05, 0) is 48.0 Å². The third-order valence-electron chi connectivity index (χ3n) is 3.51. The molecule has 0 unspecified atom stereocenters. The maximum absolute atomic E-state index is 12.7. The summed E-state index contributed by atoms with van der Waals surface area (Å²) in [5.74, 6) is -0.588. The first kappa shape index (κ1) is 17.7. The Bertz CT molecular complexity index is 876. The molecule has 0 radical (unpaired) electrons. The van der Waals surface area contributed by atoms with E-state index in [2.05, 4.69) is 4.74 Å². The summed E-state index contributed by atoms with van der Waals surface area (Å²) in [6.07, 6.45) is 1.75. The van der Waals surface area contributed by atoms with Crippen molar-refractivity contribution in [3.63, 3.8) is 0 Å². The number of amides is 1. The number of hydrogen-bond donors (Lipinski definition) is 0. The molecule has 0 aliphatic carbocycles. The first-order valence-electron chi connectivity index (χ1n) is 7.21. The summed E-state index contributed by atoms with van der Waals surface area (Å²) in [4.78, 5) is 26.1. The summed E-state index contributed by atoms with van der Waals surface area (Å²) in [7, 11) is 1.33. The predicted molar refractivity (Wildman–Crippen MR) is 105 cm³/mol. The van der Waals surface area contributed by atoms with E-state index in [1.54, 1.807) is 54.6 Å². The number of esters is 1. The van der Waals surface area contributed by atoms with Gasteiger partial charge in [-0.2, -0.15) is 0 Å². The van der Waals surface area contributed by atoms with Crippen molar-refractivity contribution in [1.29, 1.82) is 0 Å². The van der Waals surface area contributed by atoms with E-state index in [1.165, 1.54) is 23.8 Å². The molecule has 0 atom stereocenters. The van der Waals surface area contributed by atoms with Gasteiger partial charge >= 0.3 is 5.97 Å². The number of methoxy groups -OCH3 is 1. The van der Waals surface area contributed by atoms with Crippen LogP contribution in [-0.4, -0.2) is 23.3 Å². The summed E-state index contributed by atoms with van der Waals surface area (Å²) in [6.45, 7) is 0. The standard InChI is InChI=1S/C18H12ClNO3S2/c1-23-17(22)12-4-2-11(3-5-12)10-15-16(21)20(18(24)25-15)14-8-6-13(19)7-9-14/h2-10H,1H3/b15-10-. The number of hydrogen-bond acceptors (Lipinski definition) is 5. The van der Waals surface area contributed by atoms with E-state index in [9.17, 15) is 9.59 Å². The van der Waals surface area contributed by atoms with E-state index in [0.29, 0.717) is 25.5 Å². The van der Waals surface area contributed by atoms with Crippen LogP contribution in [0.15, 0.2) is 53.4 Å². The summed E-state index contributed by atoms with van der Waals surface area (Å²) in [5.41, 5.74) is 1.92.